The van der Waals surface area contributed by atoms with E-state index in [1.54, 1.807) is 0 Å². The summed E-state index contributed by atoms with van der Waals surface area (Å²) in [5.74, 6) is 2.13. The average Bonchev–Trinajstić information content (AvgIpc) is 3.07. The zero-order valence-electron chi connectivity index (χ0n) is 14.6. The molecule has 1 aliphatic rings. The van der Waals surface area contributed by atoms with Crippen molar-refractivity contribution in [2.24, 2.45) is 4.99 Å². The number of nitrogens with zero attached hydrogens (tertiary/aromatic N) is 1. The van der Waals surface area contributed by atoms with Gasteiger partial charge in [0.05, 0.1) is 6.54 Å². The number of aliphatic imine (C=N–C) groups is 1. The Morgan fingerprint density at radius 2 is 2.08 bits per heavy atom. The topological polar surface area (TPSA) is 65.5 Å². The maximum Gasteiger partial charge on any atom is 0.221 e. The van der Waals surface area contributed by atoms with Crippen molar-refractivity contribution >= 4 is 29.3 Å². The Labute approximate surface area is 149 Å². The first kappa shape index (κ1) is 18.6. The maximum absolute atomic E-state index is 11.0. The molecule has 1 aliphatic heterocycles. The third kappa shape index (κ3) is 6.83. The minimum absolute atomic E-state index is 0.0451. The second kappa shape index (κ2) is 10.2. The quantitative estimate of drug-likeness (QED) is 0.523. The van der Waals surface area contributed by atoms with Crippen LogP contribution in [0.3, 0.4) is 0 Å². The van der Waals surface area contributed by atoms with Gasteiger partial charge in [-0.05, 0) is 49.6 Å². The van der Waals surface area contributed by atoms with E-state index in [0.29, 0.717) is 5.25 Å². The Hall–Kier alpha value is -1.69. The number of benzene rings is 1. The van der Waals surface area contributed by atoms with Crippen molar-refractivity contribution in [2.75, 3.05) is 30.7 Å². The van der Waals surface area contributed by atoms with Crippen LogP contribution in [-0.4, -0.2) is 42.5 Å². The number of carbonyl (C=O) groups is 1. The highest BCUT2D eigenvalue weighted by atomic mass is 32.2. The summed E-state index contributed by atoms with van der Waals surface area (Å²) in [6.45, 7) is 6.20. The van der Waals surface area contributed by atoms with E-state index in [2.05, 4.69) is 22.9 Å². The number of anilines is 1. The van der Waals surface area contributed by atoms with Gasteiger partial charge in [0.1, 0.15) is 0 Å². The predicted molar refractivity (Wildman–Crippen MR) is 104 cm³/mol. The standard InChI is InChI=1S/C18H28N4OS/c1-3-19-18(21-13-17-5-4-12-24-17)20-11-10-15-6-8-16(9-7-15)22-14(2)23/h6-9,17H,3-5,10-13H2,1-2H3,(H,22,23)(H2,19,20,21). The largest absolute Gasteiger partial charge is 0.357 e. The molecule has 0 bridgehead atoms. The van der Waals surface area contributed by atoms with Crippen LogP contribution in [0, 0.1) is 0 Å². The van der Waals surface area contributed by atoms with Crippen LogP contribution in [0.25, 0.3) is 0 Å². The van der Waals surface area contributed by atoms with E-state index in [1.165, 1.54) is 31.1 Å². The van der Waals surface area contributed by atoms with Gasteiger partial charge in [0.2, 0.25) is 5.91 Å². The summed E-state index contributed by atoms with van der Waals surface area (Å²) in [6.07, 6.45) is 3.53. The molecule has 0 aliphatic carbocycles. The number of guanidine groups is 1. The summed E-state index contributed by atoms with van der Waals surface area (Å²) in [6, 6.07) is 7.97. The second-order valence-electron chi connectivity index (χ2n) is 5.91. The molecule has 2 rings (SSSR count). The van der Waals surface area contributed by atoms with Crippen LogP contribution in [0.1, 0.15) is 32.3 Å². The Bertz CT molecular complexity index is 538. The molecule has 6 heteroatoms. The summed E-state index contributed by atoms with van der Waals surface area (Å²) in [4.78, 5) is 15.7. The highest BCUT2D eigenvalue weighted by molar-refractivity contribution is 8.00. The highest BCUT2D eigenvalue weighted by Gasteiger charge is 2.14. The van der Waals surface area contributed by atoms with E-state index in [9.17, 15) is 4.79 Å². The van der Waals surface area contributed by atoms with E-state index < -0.39 is 0 Å². The lowest BCUT2D eigenvalue weighted by molar-refractivity contribution is -0.114. The Morgan fingerprint density at radius 1 is 1.29 bits per heavy atom. The Balaban J connectivity index is 1.76. The minimum atomic E-state index is -0.0451. The van der Waals surface area contributed by atoms with Crippen LogP contribution in [-0.2, 0) is 11.2 Å². The molecular weight excluding hydrogens is 320 g/mol. The molecule has 0 aromatic heterocycles. The molecule has 0 spiro atoms. The second-order valence-corrected chi connectivity index (χ2v) is 7.32. The van der Waals surface area contributed by atoms with Crippen molar-refractivity contribution in [1.29, 1.82) is 0 Å². The first-order valence-corrected chi connectivity index (χ1v) is 9.72. The van der Waals surface area contributed by atoms with Gasteiger partial charge in [-0.3, -0.25) is 9.79 Å². The van der Waals surface area contributed by atoms with Gasteiger partial charge >= 0.3 is 0 Å². The van der Waals surface area contributed by atoms with Crippen LogP contribution in [0.4, 0.5) is 5.69 Å². The van der Waals surface area contributed by atoms with Crippen molar-refractivity contribution in [3.05, 3.63) is 29.8 Å². The first-order valence-electron chi connectivity index (χ1n) is 8.67. The number of amides is 1. The molecule has 1 aromatic carbocycles. The van der Waals surface area contributed by atoms with Crippen molar-refractivity contribution in [1.82, 2.24) is 10.6 Å². The van der Waals surface area contributed by atoms with Crippen LogP contribution in [0.15, 0.2) is 29.3 Å². The fourth-order valence-corrected chi connectivity index (χ4v) is 3.79. The SMILES string of the molecule is CCNC(=NCC1CCCS1)NCCc1ccc(NC(C)=O)cc1. The summed E-state index contributed by atoms with van der Waals surface area (Å²) >= 11 is 2.04. The summed E-state index contributed by atoms with van der Waals surface area (Å²) in [7, 11) is 0. The number of thioether (sulfide) groups is 1. The molecule has 1 fully saturated rings. The lowest BCUT2D eigenvalue weighted by Crippen LogP contribution is -2.38. The smallest absolute Gasteiger partial charge is 0.221 e. The van der Waals surface area contributed by atoms with Crippen molar-refractivity contribution in [2.45, 2.75) is 38.4 Å². The van der Waals surface area contributed by atoms with E-state index >= 15 is 0 Å². The third-order valence-electron chi connectivity index (χ3n) is 3.80. The zero-order valence-corrected chi connectivity index (χ0v) is 15.4. The number of hydrogen-bond donors (Lipinski definition) is 3. The first-order chi connectivity index (χ1) is 11.7. The molecule has 0 saturated carbocycles. The van der Waals surface area contributed by atoms with Crippen molar-refractivity contribution < 1.29 is 4.79 Å². The van der Waals surface area contributed by atoms with Gasteiger partial charge < -0.3 is 16.0 Å². The average molecular weight is 349 g/mol. The van der Waals surface area contributed by atoms with E-state index in [4.69, 9.17) is 4.99 Å². The van der Waals surface area contributed by atoms with Crippen LogP contribution in [0.5, 0.6) is 0 Å². The van der Waals surface area contributed by atoms with E-state index in [0.717, 1.165) is 37.7 Å². The molecule has 132 valence electrons. The van der Waals surface area contributed by atoms with Gasteiger partial charge in [-0.25, -0.2) is 0 Å². The molecule has 1 saturated heterocycles. The highest BCUT2D eigenvalue weighted by Crippen LogP contribution is 2.25. The predicted octanol–water partition coefficient (Wildman–Crippen LogP) is 2.64. The molecule has 1 atom stereocenters. The summed E-state index contributed by atoms with van der Waals surface area (Å²) in [5, 5.41) is 10.2. The maximum atomic E-state index is 11.0. The van der Waals surface area contributed by atoms with Crippen LogP contribution in [0.2, 0.25) is 0 Å². The number of nitrogens with one attached hydrogen (secondary N) is 3. The lowest BCUT2D eigenvalue weighted by atomic mass is 10.1. The molecule has 1 amide bonds. The Kier molecular flexibility index (Phi) is 7.95. The fraction of sp³-hybridized carbons (Fsp3) is 0.556. The van der Waals surface area contributed by atoms with Crippen molar-refractivity contribution in [3.63, 3.8) is 0 Å². The van der Waals surface area contributed by atoms with Crippen molar-refractivity contribution in [3.8, 4) is 0 Å². The third-order valence-corrected chi connectivity index (χ3v) is 5.18. The lowest BCUT2D eigenvalue weighted by Gasteiger charge is -2.13. The number of carbonyl (C=O) groups excluding carboxylic acids is 1. The molecule has 0 radical (unpaired) electrons. The Morgan fingerprint density at radius 3 is 2.71 bits per heavy atom. The van der Waals surface area contributed by atoms with Gasteiger partial charge in [0, 0.05) is 31.0 Å². The normalized spacial score (nSPS) is 17.6. The molecule has 3 N–H and O–H groups in total. The summed E-state index contributed by atoms with van der Waals surface area (Å²) in [5.41, 5.74) is 2.07. The minimum Gasteiger partial charge on any atom is -0.357 e. The van der Waals surface area contributed by atoms with E-state index in [-0.39, 0.29) is 5.91 Å². The molecule has 5 nitrogen and oxygen atoms in total. The molecule has 1 aromatic rings. The number of rotatable bonds is 7. The number of hydrogen-bond acceptors (Lipinski definition) is 3. The van der Waals surface area contributed by atoms with E-state index in [1.807, 2.05) is 36.0 Å². The van der Waals surface area contributed by atoms with Gasteiger partial charge in [0.15, 0.2) is 5.96 Å². The molecule has 24 heavy (non-hydrogen) atoms. The van der Waals surface area contributed by atoms with Crippen LogP contribution < -0.4 is 16.0 Å². The van der Waals surface area contributed by atoms with Gasteiger partial charge in [-0.2, -0.15) is 11.8 Å². The van der Waals surface area contributed by atoms with Crippen LogP contribution >= 0.6 is 11.8 Å². The summed E-state index contributed by atoms with van der Waals surface area (Å²) < 4.78 is 0. The fourth-order valence-electron chi connectivity index (χ4n) is 2.61. The molecule has 1 unspecified atom stereocenters. The zero-order chi connectivity index (χ0) is 17.2. The monoisotopic (exact) mass is 348 g/mol. The molecule has 1 heterocycles. The van der Waals surface area contributed by atoms with Gasteiger partial charge in [0.25, 0.3) is 0 Å². The van der Waals surface area contributed by atoms with Gasteiger partial charge in [-0.1, -0.05) is 12.1 Å². The molecular formula is C18H28N4OS. The van der Waals surface area contributed by atoms with Gasteiger partial charge in [-0.15, -0.1) is 0 Å².